The van der Waals surface area contributed by atoms with Gasteiger partial charge in [-0.05, 0) is 67.7 Å². The smallest absolute Gasteiger partial charge is 0.415 e. The number of anilines is 1. The number of carbonyl (C=O) groups excluding carboxylic acids is 2. The first-order valence-corrected chi connectivity index (χ1v) is 22.6. The standard InChI is InChI=1S/C35H54ClN6O13PS/c1-9-50-56(45,51-10-2)35(21-48-8,31(43)39-57(46,47)40-16-13-17-40)49-20-25-27-28(54-34(6,7)53-27)30(52-25)42-29-23(19-37-42)24(18-26(36)38-29)41(22-14-11-12-15-22)32(44)55-33(3,4)5/h18-19,22,25,27-28,30H,9-17,20-21H2,1-8H3,(H,39,43)/t25-,27-,28-,30-,35+/m1/s1. The van der Waals surface area contributed by atoms with E-state index in [0.29, 0.717) is 17.5 Å². The molecule has 0 bridgehead atoms. The number of nitrogens with zero attached hydrogens (tertiary/aromatic N) is 5. The maximum atomic E-state index is 14.6. The number of methoxy groups -OCH3 is 1. The molecule has 3 saturated heterocycles. The Morgan fingerprint density at radius 2 is 1.74 bits per heavy atom. The zero-order valence-electron chi connectivity index (χ0n) is 33.6. The van der Waals surface area contributed by atoms with Crippen molar-refractivity contribution in [1.29, 1.82) is 0 Å². The van der Waals surface area contributed by atoms with E-state index < -0.39 is 84.3 Å². The van der Waals surface area contributed by atoms with Gasteiger partial charge in [0.05, 0.1) is 43.7 Å². The Labute approximate surface area is 337 Å². The van der Waals surface area contributed by atoms with Crippen LogP contribution in [0, 0.1) is 0 Å². The van der Waals surface area contributed by atoms with Gasteiger partial charge in [0, 0.05) is 32.3 Å². The molecular weight excluding hydrogens is 811 g/mol. The maximum absolute atomic E-state index is 14.6. The van der Waals surface area contributed by atoms with Crippen LogP contribution in [0.25, 0.3) is 11.0 Å². The van der Waals surface area contributed by atoms with Crippen molar-refractivity contribution in [2.75, 3.05) is 51.5 Å². The van der Waals surface area contributed by atoms with Crippen molar-refractivity contribution in [1.82, 2.24) is 23.8 Å². The van der Waals surface area contributed by atoms with Gasteiger partial charge >= 0.3 is 23.9 Å². The quantitative estimate of drug-likeness (QED) is 0.176. The number of hydrogen-bond donors (Lipinski definition) is 1. The summed E-state index contributed by atoms with van der Waals surface area (Å²) < 4.78 is 93.4. The van der Waals surface area contributed by atoms with Crippen LogP contribution in [0.2, 0.25) is 5.15 Å². The molecule has 1 saturated carbocycles. The third-order valence-electron chi connectivity index (χ3n) is 10.0. The number of ether oxygens (including phenoxy) is 6. The van der Waals surface area contributed by atoms with E-state index >= 15 is 0 Å². The van der Waals surface area contributed by atoms with Crippen LogP contribution in [0.15, 0.2) is 12.3 Å². The first kappa shape index (κ1) is 44.1. The molecule has 320 valence electrons. The molecule has 22 heteroatoms. The number of amides is 2. The topological polar surface area (TPSA) is 208 Å². The summed E-state index contributed by atoms with van der Waals surface area (Å²) >= 11 is 6.67. The second-order valence-electron chi connectivity index (χ2n) is 15.8. The SMILES string of the molecule is CCOP(=O)(OCC)[C@](COC)(OC[C@H]1O[C@@H](n2ncc3c(N(C(=O)OC(C)(C)C)C4CCCC4)cc(Cl)nc32)[C@@H]2OC(C)(C)O[C@@H]21)C(=O)NS(=O)(=O)N1CCC1. The lowest BCUT2D eigenvalue weighted by Crippen LogP contribution is -2.58. The Morgan fingerprint density at radius 1 is 1.09 bits per heavy atom. The molecule has 2 amide bonds. The molecule has 6 rings (SSSR count). The predicted octanol–water partition coefficient (Wildman–Crippen LogP) is 4.88. The van der Waals surface area contributed by atoms with E-state index in [1.165, 1.54) is 11.8 Å². The number of halogens is 1. The van der Waals surface area contributed by atoms with E-state index in [0.717, 1.165) is 30.0 Å². The van der Waals surface area contributed by atoms with Crippen LogP contribution >= 0.6 is 19.2 Å². The Hall–Kier alpha value is -2.49. The van der Waals surface area contributed by atoms with Crippen LogP contribution in [0.5, 0.6) is 0 Å². The molecule has 5 heterocycles. The highest BCUT2D eigenvalue weighted by Gasteiger charge is 2.62. The van der Waals surface area contributed by atoms with E-state index in [2.05, 4.69) is 10.1 Å². The van der Waals surface area contributed by atoms with E-state index in [1.807, 2.05) is 4.72 Å². The second-order valence-corrected chi connectivity index (χ2v) is 20.1. The zero-order chi connectivity index (χ0) is 41.6. The highest BCUT2D eigenvalue weighted by molar-refractivity contribution is 7.87. The van der Waals surface area contributed by atoms with E-state index in [-0.39, 0.29) is 43.1 Å². The summed E-state index contributed by atoms with van der Waals surface area (Å²) in [5.74, 6) is -2.43. The predicted molar refractivity (Wildman–Crippen MR) is 206 cm³/mol. The minimum Gasteiger partial charge on any atom is -0.443 e. The van der Waals surface area contributed by atoms with Crippen molar-refractivity contribution in [2.45, 2.75) is 128 Å². The van der Waals surface area contributed by atoms with Gasteiger partial charge in [-0.3, -0.25) is 14.3 Å². The lowest BCUT2D eigenvalue weighted by atomic mass is 10.1. The average molecular weight is 865 g/mol. The first-order valence-electron chi connectivity index (χ1n) is 19.2. The molecule has 0 unspecified atom stereocenters. The van der Waals surface area contributed by atoms with Gasteiger partial charge in [0.1, 0.15) is 29.1 Å². The van der Waals surface area contributed by atoms with Gasteiger partial charge in [0.2, 0.25) is 0 Å². The van der Waals surface area contributed by atoms with E-state index in [9.17, 15) is 22.6 Å². The molecule has 19 nitrogen and oxygen atoms in total. The van der Waals surface area contributed by atoms with Crippen molar-refractivity contribution in [3.05, 3.63) is 17.4 Å². The van der Waals surface area contributed by atoms with E-state index in [4.69, 9.17) is 49.1 Å². The fourth-order valence-corrected chi connectivity index (χ4v) is 11.0. The summed E-state index contributed by atoms with van der Waals surface area (Å²) in [5.41, 5.74) is -0.000512. The summed E-state index contributed by atoms with van der Waals surface area (Å²) in [5, 5.41) is 2.64. The molecule has 0 aromatic carbocycles. The Balaban J connectivity index is 1.36. The highest BCUT2D eigenvalue weighted by atomic mass is 35.5. The summed E-state index contributed by atoms with van der Waals surface area (Å²) in [6.45, 7) is 10.8. The zero-order valence-corrected chi connectivity index (χ0v) is 36.1. The molecule has 2 aromatic rings. The van der Waals surface area contributed by atoms with E-state index in [1.54, 1.807) is 65.6 Å². The summed E-state index contributed by atoms with van der Waals surface area (Å²) in [6.07, 6.45) is 1.37. The molecule has 4 fully saturated rings. The molecular formula is C35H54ClN6O13PS. The van der Waals surface area contributed by atoms with Crippen molar-refractivity contribution < 1.29 is 60.0 Å². The van der Waals surface area contributed by atoms with Gasteiger partial charge in [-0.25, -0.2) is 19.2 Å². The largest absolute Gasteiger partial charge is 0.443 e. The fraction of sp³-hybridized carbons (Fsp3) is 0.771. The Kier molecular flexibility index (Phi) is 13.0. The van der Waals surface area contributed by atoms with Gasteiger partial charge in [0.25, 0.3) is 11.2 Å². The number of pyridine rings is 1. The Morgan fingerprint density at radius 3 is 2.32 bits per heavy atom. The minimum absolute atomic E-state index is 0.0929. The minimum atomic E-state index is -4.65. The van der Waals surface area contributed by atoms with Gasteiger partial charge in [-0.1, -0.05) is 24.4 Å². The molecule has 0 radical (unpaired) electrons. The van der Waals surface area contributed by atoms with Crippen molar-refractivity contribution in [3.63, 3.8) is 0 Å². The number of aromatic nitrogens is 3. The number of hydrogen-bond acceptors (Lipinski definition) is 15. The maximum Gasteiger partial charge on any atom is 0.415 e. The molecule has 57 heavy (non-hydrogen) atoms. The van der Waals surface area contributed by atoms with Crippen LogP contribution < -0.4 is 9.62 Å². The van der Waals surface area contributed by atoms with Crippen molar-refractivity contribution >= 4 is 58.1 Å². The van der Waals surface area contributed by atoms with Gasteiger partial charge < -0.3 is 37.5 Å². The average Bonchev–Trinajstić information content (AvgIpc) is 3.86. The van der Waals surface area contributed by atoms with Gasteiger partial charge in [-0.15, -0.1) is 0 Å². The third kappa shape index (κ3) is 8.87. The Bertz CT molecular complexity index is 1940. The van der Waals surface area contributed by atoms with Crippen LogP contribution in [0.4, 0.5) is 10.5 Å². The molecule has 1 aliphatic carbocycles. The monoisotopic (exact) mass is 864 g/mol. The molecule has 4 aliphatic rings. The van der Waals surface area contributed by atoms with Crippen LogP contribution in [0.1, 0.15) is 86.8 Å². The van der Waals surface area contributed by atoms with Crippen LogP contribution in [-0.2, 0) is 57.0 Å². The normalized spacial score (nSPS) is 25.3. The molecule has 3 aliphatic heterocycles. The number of carbonyl (C=O) groups is 2. The molecule has 2 aromatic heterocycles. The summed E-state index contributed by atoms with van der Waals surface area (Å²) in [6, 6.07) is 1.48. The molecule has 5 atom stereocenters. The van der Waals surface area contributed by atoms with Crippen molar-refractivity contribution in [2.24, 2.45) is 0 Å². The third-order valence-corrected chi connectivity index (χ3v) is 14.2. The van der Waals surface area contributed by atoms with Gasteiger partial charge in [0.15, 0.2) is 17.7 Å². The van der Waals surface area contributed by atoms with Crippen molar-refractivity contribution in [3.8, 4) is 0 Å². The molecule has 1 N–H and O–H groups in total. The second kappa shape index (κ2) is 16.9. The lowest BCUT2D eigenvalue weighted by Gasteiger charge is -2.38. The number of nitrogens with one attached hydrogen (secondary N) is 1. The first-order chi connectivity index (χ1) is 26.8. The highest BCUT2D eigenvalue weighted by Crippen LogP contribution is 2.61. The number of rotatable bonds is 16. The molecule has 0 spiro atoms. The lowest BCUT2D eigenvalue weighted by molar-refractivity contribution is -0.207. The fourth-order valence-electron chi connectivity index (χ4n) is 7.51. The van der Waals surface area contributed by atoms with Crippen LogP contribution in [0.3, 0.4) is 0 Å². The van der Waals surface area contributed by atoms with Crippen LogP contribution in [-0.4, -0.2) is 127 Å². The van der Waals surface area contributed by atoms with Gasteiger partial charge in [-0.2, -0.15) is 17.8 Å². The summed E-state index contributed by atoms with van der Waals surface area (Å²) in [4.78, 5) is 34.2. The summed E-state index contributed by atoms with van der Waals surface area (Å²) in [7, 11) is -7.76. The number of fused-ring (bicyclic) bond motifs is 2.